The van der Waals surface area contributed by atoms with Gasteiger partial charge >= 0.3 is 0 Å². The molecule has 0 spiro atoms. The number of methoxy groups -OCH3 is 3. The fourth-order valence-corrected chi connectivity index (χ4v) is 2.57. The molecule has 26 heavy (non-hydrogen) atoms. The number of nitro groups is 1. The molecular weight excluding hydrogens is 340 g/mol. The Balaban J connectivity index is 2.56. The topological polar surface area (TPSA) is 91.1 Å². The lowest BCUT2D eigenvalue weighted by atomic mass is 10.0. The monoisotopic (exact) mass is 360 g/mol. The molecule has 0 saturated carbocycles. The van der Waals surface area contributed by atoms with Gasteiger partial charge < -0.3 is 19.1 Å². The van der Waals surface area contributed by atoms with E-state index >= 15 is 0 Å². The first-order valence-corrected chi connectivity index (χ1v) is 7.64. The molecule has 0 aliphatic rings. The molecule has 0 radical (unpaired) electrons. The average molecular weight is 360 g/mol. The number of benzene rings is 2. The number of anilines is 1. The van der Waals surface area contributed by atoms with Gasteiger partial charge in [0.05, 0.1) is 26.3 Å². The Morgan fingerprint density at radius 1 is 0.962 bits per heavy atom. The van der Waals surface area contributed by atoms with Gasteiger partial charge in [0.25, 0.3) is 5.69 Å². The van der Waals surface area contributed by atoms with Gasteiger partial charge in [0.2, 0.25) is 5.75 Å². The van der Waals surface area contributed by atoms with Crippen LogP contribution in [-0.4, -0.2) is 46.1 Å². The van der Waals surface area contributed by atoms with E-state index in [1.807, 2.05) is 0 Å². The van der Waals surface area contributed by atoms with E-state index in [0.29, 0.717) is 22.9 Å². The number of hydrogen-bond donors (Lipinski definition) is 0. The van der Waals surface area contributed by atoms with Crippen LogP contribution in [0.2, 0.25) is 0 Å². The maximum absolute atomic E-state index is 12.9. The number of carbonyl (C=O) groups is 1. The number of carbonyl (C=O) groups excluding carboxylic acids is 1. The summed E-state index contributed by atoms with van der Waals surface area (Å²) in [6, 6.07) is 7.38. The van der Waals surface area contributed by atoms with Crippen LogP contribution in [0.5, 0.6) is 17.2 Å². The van der Waals surface area contributed by atoms with Gasteiger partial charge in [-0.1, -0.05) is 0 Å². The van der Waals surface area contributed by atoms with Crippen LogP contribution in [0.3, 0.4) is 0 Å². The van der Waals surface area contributed by atoms with Crippen molar-refractivity contribution in [1.82, 2.24) is 0 Å². The lowest BCUT2D eigenvalue weighted by Gasteiger charge is -2.15. The summed E-state index contributed by atoms with van der Waals surface area (Å²) in [4.78, 5) is 25.3. The highest BCUT2D eigenvalue weighted by Crippen LogP contribution is 2.39. The fourth-order valence-electron chi connectivity index (χ4n) is 2.57. The average Bonchev–Trinajstić information content (AvgIpc) is 2.65. The molecule has 2 aromatic carbocycles. The van der Waals surface area contributed by atoms with Crippen LogP contribution in [0, 0.1) is 10.1 Å². The van der Waals surface area contributed by atoms with Gasteiger partial charge in [0.15, 0.2) is 17.3 Å². The van der Waals surface area contributed by atoms with Crippen LogP contribution in [-0.2, 0) is 0 Å². The van der Waals surface area contributed by atoms with Crippen molar-refractivity contribution in [3.05, 3.63) is 51.6 Å². The van der Waals surface area contributed by atoms with Gasteiger partial charge in [0.1, 0.15) is 5.69 Å². The second kappa shape index (κ2) is 7.73. The minimum absolute atomic E-state index is 0.145. The van der Waals surface area contributed by atoms with Crippen molar-refractivity contribution >= 4 is 17.2 Å². The second-order valence-electron chi connectivity index (χ2n) is 5.60. The smallest absolute Gasteiger partial charge is 0.293 e. The van der Waals surface area contributed by atoms with Gasteiger partial charge in [-0.05, 0) is 24.3 Å². The lowest BCUT2D eigenvalue weighted by molar-refractivity contribution is -0.384. The van der Waals surface area contributed by atoms with Gasteiger partial charge in [0, 0.05) is 31.3 Å². The van der Waals surface area contributed by atoms with E-state index in [0.717, 1.165) is 0 Å². The summed E-state index contributed by atoms with van der Waals surface area (Å²) in [5.74, 6) is 0.627. The predicted molar refractivity (Wildman–Crippen MR) is 97.0 cm³/mol. The van der Waals surface area contributed by atoms with Crippen molar-refractivity contribution in [2.24, 2.45) is 0 Å². The van der Waals surface area contributed by atoms with Crippen molar-refractivity contribution in [2.45, 2.75) is 0 Å². The minimum Gasteiger partial charge on any atom is -0.493 e. The molecule has 0 unspecified atom stereocenters. The van der Waals surface area contributed by atoms with Crippen molar-refractivity contribution in [1.29, 1.82) is 0 Å². The Morgan fingerprint density at radius 2 is 1.54 bits per heavy atom. The van der Waals surface area contributed by atoms with E-state index in [-0.39, 0.29) is 16.8 Å². The van der Waals surface area contributed by atoms with Gasteiger partial charge in [-0.3, -0.25) is 14.9 Å². The number of nitrogens with zero attached hydrogens (tertiary/aromatic N) is 2. The third-order valence-corrected chi connectivity index (χ3v) is 3.84. The first kappa shape index (κ1) is 19.0. The molecule has 2 rings (SSSR count). The van der Waals surface area contributed by atoms with E-state index in [1.165, 1.54) is 39.5 Å². The van der Waals surface area contributed by atoms with E-state index in [1.54, 1.807) is 31.1 Å². The number of ether oxygens (including phenoxy) is 3. The third-order valence-electron chi connectivity index (χ3n) is 3.84. The van der Waals surface area contributed by atoms with Crippen LogP contribution >= 0.6 is 0 Å². The van der Waals surface area contributed by atoms with E-state index in [4.69, 9.17) is 14.2 Å². The highest BCUT2D eigenvalue weighted by Gasteiger charge is 2.22. The fraction of sp³-hybridized carbons (Fsp3) is 0.278. The molecule has 138 valence electrons. The molecule has 0 aromatic heterocycles. The van der Waals surface area contributed by atoms with Crippen LogP contribution in [0.15, 0.2) is 30.3 Å². The molecule has 0 aliphatic heterocycles. The number of ketones is 1. The quantitative estimate of drug-likeness (QED) is 0.426. The molecule has 0 bridgehead atoms. The molecule has 0 N–H and O–H groups in total. The summed E-state index contributed by atoms with van der Waals surface area (Å²) in [5, 5.41) is 11.3. The molecule has 0 saturated heterocycles. The minimum atomic E-state index is -0.513. The van der Waals surface area contributed by atoms with Gasteiger partial charge in [-0.15, -0.1) is 0 Å². The second-order valence-corrected chi connectivity index (χ2v) is 5.60. The van der Waals surface area contributed by atoms with Crippen LogP contribution < -0.4 is 19.1 Å². The van der Waals surface area contributed by atoms with Crippen molar-refractivity contribution in [2.75, 3.05) is 40.3 Å². The molecule has 0 amide bonds. The summed E-state index contributed by atoms with van der Waals surface area (Å²) in [5.41, 5.74) is 0.729. The summed E-state index contributed by atoms with van der Waals surface area (Å²) in [6.45, 7) is 0. The first-order valence-electron chi connectivity index (χ1n) is 7.64. The molecule has 2 aromatic rings. The van der Waals surface area contributed by atoms with Gasteiger partial charge in [-0.25, -0.2) is 0 Å². The standard InChI is InChI=1S/C18H20N2O6/c1-19(2)13-7-6-11(8-14(13)20(22)23)17(21)12-9-15(24-3)18(26-5)16(10-12)25-4/h6-10H,1-5H3. The Bertz CT molecular complexity index is 823. The Hall–Kier alpha value is -3.29. The van der Waals surface area contributed by atoms with E-state index in [9.17, 15) is 14.9 Å². The Kier molecular flexibility index (Phi) is 5.66. The van der Waals surface area contributed by atoms with Gasteiger partial charge in [-0.2, -0.15) is 0 Å². The van der Waals surface area contributed by atoms with Crippen LogP contribution in [0.4, 0.5) is 11.4 Å². The molecular formula is C18H20N2O6. The van der Waals surface area contributed by atoms with Crippen LogP contribution in [0.25, 0.3) is 0 Å². The largest absolute Gasteiger partial charge is 0.493 e. The summed E-state index contributed by atoms with van der Waals surface area (Å²) in [6.07, 6.45) is 0. The predicted octanol–water partition coefficient (Wildman–Crippen LogP) is 2.92. The van der Waals surface area contributed by atoms with E-state index in [2.05, 4.69) is 0 Å². The molecule has 0 heterocycles. The Labute approximate surface area is 151 Å². The SMILES string of the molecule is COc1cc(C(=O)c2ccc(N(C)C)c([N+](=O)[O-])c2)cc(OC)c1OC. The maximum Gasteiger partial charge on any atom is 0.293 e. The normalized spacial score (nSPS) is 10.2. The third kappa shape index (κ3) is 3.53. The number of nitro benzene ring substituents is 1. The highest BCUT2D eigenvalue weighted by atomic mass is 16.6. The van der Waals surface area contributed by atoms with Crippen LogP contribution in [0.1, 0.15) is 15.9 Å². The zero-order valence-electron chi connectivity index (χ0n) is 15.2. The molecule has 8 nitrogen and oxygen atoms in total. The molecule has 0 aliphatic carbocycles. The van der Waals surface area contributed by atoms with E-state index < -0.39 is 10.7 Å². The maximum atomic E-state index is 12.9. The molecule has 0 fully saturated rings. The summed E-state index contributed by atoms with van der Waals surface area (Å²) in [7, 11) is 7.75. The zero-order chi connectivity index (χ0) is 19.4. The summed E-state index contributed by atoms with van der Waals surface area (Å²) >= 11 is 0. The summed E-state index contributed by atoms with van der Waals surface area (Å²) < 4.78 is 15.7. The Morgan fingerprint density at radius 3 is 1.96 bits per heavy atom. The number of rotatable bonds is 7. The highest BCUT2D eigenvalue weighted by molar-refractivity contribution is 6.10. The van der Waals surface area contributed by atoms with Crippen molar-refractivity contribution in [3.63, 3.8) is 0 Å². The first-order chi connectivity index (χ1) is 12.3. The van der Waals surface area contributed by atoms with Crippen molar-refractivity contribution in [3.8, 4) is 17.2 Å². The zero-order valence-corrected chi connectivity index (χ0v) is 15.2. The lowest BCUT2D eigenvalue weighted by Crippen LogP contribution is -2.12. The molecule has 8 heteroatoms. The molecule has 0 atom stereocenters. The number of hydrogen-bond acceptors (Lipinski definition) is 7. The van der Waals surface area contributed by atoms with Crippen molar-refractivity contribution < 1.29 is 23.9 Å².